The van der Waals surface area contributed by atoms with Crippen molar-refractivity contribution in [3.63, 3.8) is 0 Å². The summed E-state index contributed by atoms with van der Waals surface area (Å²) in [6, 6.07) is 4.74. The molecule has 1 amide bonds. The predicted molar refractivity (Wildman–Crippen MR) is 76.0 cm³/mol. The van der Waals surface area contributed by atoms with Gasteiger partial charge in [-0.1, -0.05) is 17.7 Å². The molecule has 5 heteroatoms. The predicted octanol–water partition coefficient (Wildman–Crippen LogP) is 2.53. The van der Waals surface area contributed by atoms with Crippen molar-refractivity contribution in [1.29, 1.82) is 0 Å². The van der Waals surface area contributed by atoms with Gasteiger partial charge in [-0.3, -0.25) is 4.79 Å². The first-order valence-electron chi connectivity index (χ1n) is 7.06. The fourth-order valence-electron chi connectivity index (χ4n) is 3.10. The summed E-state index contributed by atoms with van der Waals surface area (Å²) in [4.78, 5) is 14.2. The van der Waals surface area contributed by atoms with E-state index in [1.54, 1.807) is 12.1 Å². The van der Waals surface area contributed by atoms with E-state index in [1.807, 2.05) is 4.90 Å². The van der Waals surface area contributed by atoms with Gasteiger partial charge in [-0.15, -0.1) is 0 Å². The SMILES string of the molecule is N[C@@H]1CCCN(C(=O)[C@@H]2C[C@@H]2c2c(F)cccc2Cl)C1. The number of benzene rings is 1. The molecular weight excluding hydrogens is 279 g/mol. The lowest BCUT2D eigenvalue weighted by molar-refractivity contribution is -0.133. The summed E-state index contributed by atoms with van der Waals surface area (Å²) in [6.07, 6.45) is 2.60. The molecule has 3 atom stereocenters. The van der Waals surface area contributed by atoms with Crippen molar-refractivity contribution < 1.29 is 9.18 Å². The third-order valence-electron chi connectivity index (χ3n) is 4.25. The minimum Gasteiger partial charge on any atom is -0.341 e. The number of nitrogens with two attached hydrogens (primary N) is 1. The quantitative estimate of drug-likeness (QED) is 0.911. The molecule has 2 N–H and O–H groups in total. The Bertz CT molecular complexity index is 516. The minimum absolute atomic E-state index is 0.0712. The Balaban J connectivity index is 1.71. The van der Waals surface area contributed by atoms with E-state index >= 15 is 0 Å². The summed E-state index contributed by atoms with van der Waals surface area (Å²) in [5.74, 6) is -0.415. The normalized spacial score (nSPS) is 29.4. The molecule has 0 spiro atoms. The maximum absolute atomic E-state index is 13.9. The second-order valence-corrected chi connectivity index (χ2v) is 6.18. The van der Waals surface area contributed by atoms with Crippen LogP contribution in [0.15, 0.2) is 18.2 Å². The van der Waals surface area contributed by atoms with E-state index in [0.717, 1.165) is 19.4 Å². The molecule has 2 aliphatic rings. The average Bonchev–Trinajstić information content (AvgIpc) is 3.18. The van der Waals surface area contributed by atoms with Gasteiger partial charge in [-0.2, -0.15) is 0 Å². The third kappa shape index (κ3) is 2.54. The first-order valence-corrected chi connectivity index (χ1v) is 7.44. The van der Waals surface area contributed by atoms with Crippen molar-refractivity contribution in [3.8, 4) is 0 Å². The Kier molecular flexibility index (Phi) is 3.69. The number of piperidine rings is 1. The summed E-state index contributed by atoms with van der Waals surface area (Å²) in [7, 11) is 0. The molecule has 0 aromatic heterocycles. The number of likely N-dealkylation sites (tertiary alicyclic amines) is 1. The number of hydrogen-bond donors (Lipinski definition) is 1. The lowest BCUT2D eigenvalue weighted by atomic mass is 10.0. The third-order valence-corrected chi connectivity index (χ3v) is 4.58. The molecule has 1 heterocycles. The van der Waals surface area contributed by atoms with Crippen molar-refractivity contribution in [3.05, 3.63) is 34.6 Å². The second kappa shape index (κ2) is 5.34. The Morgan fingerprint density at radius 3 is 2.95 bits per heavy atom. The topological polar surface area (TPSA) is 46.3 Å². The van der Waals surface area contributed by atoms with Gasteiger partial charge in [0.1, 0.15) is 5.82 Å². The molecule has 108 valence electrons. The highest BCUT2D eigenvalue weighted by Crippen LogP contribution is 2.51. The second-order valence-electron chi connectivity index (χ2n) is 5.77. The highest BCUT2D eigenvalue weighted by atomic mass is 35.5. The highest BCUT2D eigenvalue weighted by molar-refractivity contribution is 6.31. The van der Waals surface area contributed by atoms with E-state index in [9.17, 15) is 9.18 Å². The smallest absolute Gasteiger partial charge is 0.226 e. The van der Waals surface area contributed by atoms with Crippen LogP contribution in [0.3, 0.4) is 0 Å². The van der Waals surface area contributed by atoms with Crippen LogP contribution in [0, 0.1) is 11.7 Å². The number of halogens is 2. The zero-order chi connectivity index (χ0) is 14.3. The molecule has 2 fully saturated rings. The van der Waals surface area contributed by atoms with Gasteiger partial charge in [0.15, 0.2) is 0 Å². The fraction of sp³-hybridized carbons (Fsp3) is 0.533. The van der Waals surface area contributed by atoms with Crippen molar-refractivity contribution in [2.45, 2.75) is 31.2 Å². The van der Waals surface area contributed by atoms with E-state index < -0.39 is 0 Å². The molecule has 0 bridgehead atoms. The summed E-state index contributed by atoms with van der Waals surface area (Å²) >= 11 is 6.06. The van der Waals surface area contributed by atoms with E-state index in [-0.39, 0.29) is 29.6 Å². The molecule has 1 aliphatic heterocycles. The number of rotatable bonds is 2. The van der Waals surface area contributed by atoms with Gasteiger partial charge in [0.05, 0.1) is 0 Å². The highest BCUT2D eigenvalue weighted by Gasteiger charge is 2.48. The van der Waals surface area contributed by atoms with E-state index in [0.29, 0.717) is 23.6 Å². The molecule has 0 unspecified atom stereocenters. The van der Waals surface area contributed by atoms with Crippen LogP contribution < -0.4 is 5.73 Å². The number of amides is 1. The van der Waals surface area contributed by atoms with Crippen LogP contribution >= 0.6 is 11.6 Å². The van der Waals surface area contributed by atoms with Crippen LogP contribution in [0.25, 0.3) is 0 Å². The van der Waals surface area contributed by atoms with E-state index in [1.165, 1.54) is 6.07 Å². The number of hydrogen-bond acceptors (Lipinski definition) is 2. The average molecular weight is 297 g/mol. The molecule has 3 rings (SSSR count). The summed E-state index contributed by atoms with van der Waals surface area (Å²) in [5.41, 5.74) is 6.40. The standard InChI is InChI=1S/C15H18ClFN2O/c16-12-4-1-5-13(17)14(12)10-7-11(10)15(20)19-6-2-3-9(18)8-19/h1,4-5,9-11H,2-3,6-8,18H2/t9-,10+,11-/m1/s1. The summed E-state index contributed by atoms with van der Waals surface area (Å²) in [5, 5.41) is 0.417. The van der Waals surface area contributed by atoms with Crippen LogP contribution in [0.2, 0.25) is 5.02 Å². The van der Waals surface area contributed by atoms with Crippen molar-refractivity contribution in [2.24, 2.45) is 11.7 Å². The molecule has 1 saturated heterocycles. The maximum Gasteiger partial charge on any atom is 0.226 e. The monoisotopic (exact) mass is 296 g/mol. The molecule has 1 saturated carbocycles. The maximum atomic E-state index is 13.9. The van der Waals surface area contributed by atoms with E-state index in [4.69, 9.17) is 17.3 Å². The first-order chi connectivity index (χ1) is 9.58. The first kappa shape index (κ1) is 13.8. The van der Waals surface area contributed by atoms with Gasteiger partial charge in [0.25, 0.3) is 0 Å². The Hall–Kier alpha value is -1.13. The molecule has 1 aliphatic carbocycles. The van der Waals surface area contributed by atoms with Crippen molar-refractivity contribution >= 4 is 17.5 Å². The zero-order valence-corrected chi connectivity index (χ0v) is 11.9. The van der Waals surface area contributed by atoms with Crippen molar-refractivity contribution in [1.82, 2.24) is 4.90 Å². The Morgan fingerprint density at radius 1 is 1.45 bits per heavy atom. The number of carbonyl (C=O) groups excluding carboxylic acids is 1. The van der Waals surface area contributed by atoms with Crippen LogP contribution in [0.1, 0.15) is 30.7 Å². The lowest BCUT2D eigenvalue weighted by Gasteiger charge is -2.31. The van der Waals surface area contributed by atoms with Crippen molar-refractivity contribution in [2.75, 3.05) is 13.1 Å². The van der Waals surface area contributed by atoms with Crippen LogP contribution in [-0.2, 0) is 4.79 Å². The van der Waals surface area contributed by atoms with Gasteiger partial charge in [0, 0.05) is 41.6 Å². The Labute approximate surface area is 122 Å². The fourth-order valence-corrected chi connectivity index (χ4v) is 3.40. The minimum atomic E-state index is -0.312. The molecule has 3 nitrogen and oxygen atoms in total. The number of carbonyl (C=O) groups is 1. The van der Waals surface area contributed by atoms with Crippen LogP contribution in [0.5, 0.6) is 0 Å². The summed E-state index contributed by atoms with van der Waals surface area (Å²) < 4.78 is 13.9. The largest absolute Gasteiger partial charge is 0.341 e. The molecule has 0 radical (unpaired) electrons. The van der Waals surface area contributed by atoms with Gasteiger partial charge in [-0.05, 0) is 31.4 Å². The zero-order valence-electron chi connectivity index (χ0n) is 11.2. The molecular formula is C15H18ClFN2O. The van der Waals surface area contributed by atoms with Crippen LogP contribution in [0.4, 0.5) is 4.39 Å². The van der Waals surface area contributed by atoms with Crippen LogP contribution in [-0.4, -0.2) is 29.9 Å². The van der Waals surface area contributed by atoms with Gasteiger partial charge in [-0.25, -0.2) is 4.39 Å². The lowest BCUT2D eigenvalue weighted by Crippen LogP contribution is -2.46. The van der Waals surface area contributed by atoms with Gasteiger partial charge in [0.2, 0.25) is 5.91 Å². The Morgan fingerprint density at radius 2 is 2.25 bits per heavy atom. The van der Waals surface area contributed by atoms with Gasteiger partial charge < -0.3 is 10.6 Å². The number of nitrogens with zero attached hydrogens (tertiary/aromatic N) is 1. The summed E-state index contributed by atoms with van der Waals surface area (Å²) in [6.45, 7) is 1.38. The molecule has 1 aromatic rings. The molecule has 20 heavy (non-hydrogen) atoms. The van der Waals surface area contributed by atoms with E-state index in [2.05, 4.69) is 0 Å². The van der Waals surface area contributed by atoms with Gasteiger partial charge >= 0.3 is 0 Å². The molecule has 1 aromatic carbocycles.